The molecule has 2 rings (SSSR count). The van der Waals surface area contributed by atoms with E-state index >= 15 is 0 Å². The summed E-state index contributed by atoms with van der Waals surface area (Å²) in [4.78, 5) is 0.0543. The number of nitrogens with one attached hydrogen (secondary N) is 1. The molecule has 22 heavy (non-hydrogen) atoms. The lowest BCUT2D eigenvalue weighted by molar-refractivity contribution is 0.402. The molecule has 2 aromatic carbocycles. The predicted octanol–water partition coefficient (Wildman–Crippen LogP) is 3.18. The Kier molecular flexibility index (Phi) is 5.45. The summed E-state index contributed by atoms with van der Waals surface area (Å²) in [7, 11) is -2.24. The largest absolute Gasteiger partial charge is 0.495 e. The van der Waals surface area contributed by atoms with Gasteiger partial charge in [-0.2, -0.15) is 0 Å². The van der Waals surface area contributed by atoms with Gasteiger partial charge in [0, 0.05) is 11.6 Å². The monoisotopic (exact) mass is 339 g/mol. The summed E-state index contributed by atoms with van der Waals surface area (Å²) in [5.74, 6) is 0.286. The molecule has 0 unspecified atom stereocenters. The molecule has 0 aromatic heterocycles. The van der Waals surface area contributed by atoms with Crippen molar-refractivity contribution in [3.8, 4) is 5.75 Å². The zero-order valence-electron chi connectivity index (χ0n) is 12.5. The summed E-state index contributed by atoms with van der Waals surface area (Å²) in [6, 6.07) is 12.7. The lowest BCUT2D eigenvalue weighted by Gasteiger charge is -2.12. The van der Waals surface area contributed by atoms with Gasteiger partial charge in [-0.1, -0.05) is 41.9 Å². The fraction of sp³-hybridized carbons (Fsp3) is 0.250. The third-order valence-electron chi connectivity index (χ3n) is 3.28. The molecule has 0 heterocycles. The summed E-state index contributed by atoms with van der Waals surface area (Å²) in [5, 5.41) is 0.393. The van der Waals surface area contributed by atoms with Crippen LogP contribution in [0.25, 0.3) is 0 Å². The van der Waals surface area contributed by atoms with Gasteiger partial charge in [-0.25, -0.2) is 13.1 Å². The molecule has 0 radical (unpaired) electrons. The number of halogens is 1. The van der Waals surface area contributed by atoms with Gasteiger partial charge in [0.15, 0.2) is 0 Å². The van der Waals surface area contributed by atoms with Crippen molar-refractivity contribution in [3.05, 3.63) is 58.6 Å². The third kappa shape index (κ3) is 4.00. The van der Waals surface area contributed by atoms with Gasteiger partial charge in [-0.15, -0.1) is 0 Å². The quantitative estimate of drug-likeness (QED) is 0.879. The fourth-order valence-corrected chi connectivity index (χ4v) is 3.49. The highest BCUT2D eigenvalue weighted by Crippen LogP contribution is 2.29. The van der Waals surface area contributed by atoms with Gasteiger partial charge in [-0.3, -0.25) is 0 Å². The minimum Gasteiger partial charge on any atom is -0.495 e. The molecule has 0 aliphatic rings. The zero-order valence-corrected chi connectivity index (χ0v) is 14.0. The average Bonchev–Trinajstić information content (AvgIpc) is 2.50. The van der Waals surface area contributed by atoms with Crippen molar-refractivity contribution >= 4 is 21.6 Å². The van der Waals surface area contributed by atoms with E-state index in [1.165, 1.54) is 13.2 Å². The first kappa shape index (κ1) is 16.8. The first-order chi connectivity index (χ1) is 10.4. The third-order valence-corrected chi connectivity index (χ3v) is 5.17. The normalized spacial score (nSPS) is 11.4. The first-order valence-electron chi connectivity index (χ1n) is 6.82. The van der Waals surface area contributed by atoms with Crippen molar-refractivity contribution in [3.63, 3.8) is 0 Å². The number of rotatable bonds is 6. The molecule has 118 valence electrons. The number of aryl methyl sites for hydroxylation is 1. The van der Waals surface area contributed by atoms with Crippen LogP contribution >= 0.6 is 11.6 Å². The maximum atomic E-state index is 12.4. The molecule has 0 saturated heterocycles. The number of hydrogen-bond acceptors (Lipinski definition) is 3. The molecule has 0 spiro atoms. The lowest BCUT2D eigenvalue weighted by Crippen LogP contribution is -2.26. The number of benzene rings is 2. The molecule has 0 aliphatic heterocycles. The summed E-state index contributed by atoms with van der Waals surface area (Å²) < 4.78 is 32.6. The zero-order chi connectivity index (χ0) is 16.2. The van der Waals surface area contributed by atoms with E-state index in [1.54, 1.807) is 13.0 Å². The van der Waals surface area contributed by atoms with Crippen molar-refractivity contribution < 1.29 is 13.2 Å². The van der Waals surface area contributed by atoms with Crippen molar-refractivity contribution in [2.75, 3.05) is 13.7 Å². The summed E-state index contributed by atoms with van der Waals surface area (Å²) in [6.45, 7) is 2.10. The fourth-order valence-electron chi connectivity index (χ4n) is 2.06. The summed E-state index contributed by atoms with van der Waals surface area (Å²) >= 11 is 6.03. The van der Waals surface area contributed by atoms with E-state index in [0.29, 0.717) is 18.0 Å². The molecule has 2 aromatic rings. The second kappa shape index (κ2) is 7.13. The Morgan fingerprint density at radius 2 is 1.86 bits per heavy atom. The van der Waals surface area contributed by atoms with Crippen molar-refractivity contribution in [2.45, 2.75) is 18.2 Å². The second-order valence-corrected chi connectivity index (χ2v) is 7.03. The Hall–Kier alpha value is -1.56. The van der Waals surface area contributed by atoms with E-state index < -0.39 is 10.0 Å². The van der Waals surface area contributed by atoms with E-state index in [4.69, 9.17) is 16.3 Å². The van der Waals surface area contributed by atoms with Crippen molar-refractivity contribution in [1.82, 2.24) is 4.72 Å². The van der Waals surface area contributed by atoms with Gasteiger partial charge < -0.3 is 4.74 Å². The maximum absolute atomic E-state index is 12.4. The van der Waals surface area contributed by atoms with Crippen LogP contribution in [0, 0.1) is 6.92 Å². The van der Waals surface area contributed by atoms with Crippen LogP contribution in [0.15, 0.2) is 47.4 Å². The van der Waals surface area contributed by atoms with Gasteiger partial charge in [0.25, 0.3) is 0 Å². The molecule has 6 heteroatoms. The first-order valence-corrected chi connectivity index (χ1v) is 8.68. The minimum absolute atomic E-state index is 0.0543. The van der Waals surface area contributed by atoms with E-state index in [9.17, 15) is 8.42 Å². The van der Waals surface area contributed by atoms with Gasteiger partial charge in [0.2, 0.25) is 10.0 Å². The number of ether oxygens (including phenoxy) is 1. The van der Waals surface area contributed by atoms with Gasteiger partial charge in [-0.05, 0) is 36.6 Å². The van der Waals surface area contributed by atoms with Crippen LogP contribution in [-0.2, 0) is 16.4 Å². The topological polar surface area (TPSA) is 55.4 Å². The Morgan fingerprint density at radius 1 is 1.18 bits per heavy atom. The van der Waals surface area contributed by atoms with Gasteiger partial charge >= 0.3 is 0 Å². The highest BCUT2D eigenvalue weighted by atomic mass is 35.5. The van der Waals surface area contributed by atoms with E-state index in [2.05, 4.69) is 4.72 Å². The standard InChI is InChI=1S/C16H18ClNO3S/c1-12-10-15(21-2)16(11-14(12)17)22(19,20)18-9-8-13-6-4-3-5-7-13/h3-7,10-11,18H,8-9H2,1-2H3. The molecular formula is C16H18ClNO3S. The molecule has 0 saturated carbocycles. The predicted molar refractivity (Wildman–Crippen MR) is 88.1 cm³/mol. The molecule has 0 amide bonds. The average molecular weight is 340 g/mol. The molecule has 0 bridgehead atoms. The minimum atomic E-state index is -3.67. The Morgan fingerprint density at radius 3 is 2.50 bits per heavy atom. The van der Waals surface area contributed by atoms with Crippen LogP contribution in [0.3, 0.4) is 0 Å². The number of sulfonamides is 1. The smallest absolute Gasteiger partial charge is 0.244 e. The van der Waals surface area contributed by atoms with Gasteiger partial charge in [0.05, 0.1) is 7.11 Å². The Bertz CT molecular complexity index is 745. The van der Waals surface area contributed by atoms with Crippen LogP contribution in [0.1, 0.15) is 11.1 Å². The molecule has 0 atom stereocenters. The molecule has 0 aliphatic carbocycles. The van der Waals surface area contributed by atoms with Crippen LogP contribution in [0.5, 0.6) is 5.75 Å². The number of methoxy groups -OCH3 is 1. The van der Waals surface area contributed by atoms with Gasteiger partial charge in [0.1, 0.15) is 10.6 Å². The molecule has 1 N–H and O–H groups in total. The van der Waals surface area contributed by atoms with Crippen LogP contribution in [0.4, 0.5) is 0 Å². The van der Waals surface area contributed by atoms with Crippen molar-refractivity contribution in [2.24, 2.45) is 0 Å². The SMILES string of the molecule is COc1cc(C)c(Cl)cc1S(=O)(=O)NCCc1ccccc1. The van der Waals surface area contributed by atoms with Crippen LogP contribution < -0.4 is 9.46 Å². The van der Waals surface area contributed by atoms with Crippen LogP contribution in [0.2, 0.25) is 5.02 Å². The van der Waals surface area contributed by atoms with E-state index in [-0.39, 0.29) is 10.6 Å². The van der Waals surface area contributed by atoms with E-state index in [1.807, 2.05) is 30.3 Å². The maximum Gasteiger partial charge on any atom is 0.244 e. The Balaban J connectivity index is 2.15. The lowest BCUT2D eigenvalue weighted by atomic mass is 10.2. The number of hydrogen-bond donors (Lipinski definition) is 1. The highest BCUT2D eigenvalue weighted by Gasteiger charge is 2.20. The molecular weight excluding hydrogens is 322 g/mol. The molecule has 4 nitrogen and oxygen atoms in total. The summed E-state index contributed by atoms with van der Waals surface area (Å²) in [6.07, 6.45) is 0.613. The molecule has 0 fully saturated rings. The second-order valence-electron chi connectivity index (χ2n) is 4.89. The highest BCUT2D eigenvalue weighted by molar-refractivity contribution is 7.89. The summed E-state index contributed by atoms with van der Waals surface area (Å²) in [5.41, 5.74) is 1.83. The van der Waals surface area contributed by atoms with Crippen LogP contribution in [-0.4, -0.2) is 22.1 Å². The Labute approximate surface area is 136 Å². The van der Waals surface area contributed by atoms with E-state index in [0.717, 1.165) is 11.1 Å². The van der Waals surface area contributed by atoms with Crippen molar-refractivity contribution in [1.29, 1.82) is 0 Å².